The summed E-state index contributed by atoms with van der Waals surface area (Å²) in [6.45, 7) is 1.77. The molecule has 0 spiro atoms. The molecule has 7 nitrogen and oxygen atoms in total. The molecular weight excluding hydrogens is 274 g/mol. The minimum absolute atomic E-state index is 0.130. The van der Waals surface area contributed by atoms with Crippen molar-refractivity contribution in [3.8, 4) is 5.75 Å². The number of hydrogen-bond donors (Lipinski definition) is 0. The second-order valence-electron chi connectivity index (χ2n) is 3.88. The maximum absolute atomic E-state index is 11.3. The Morgan fingerprint density at radius 3 is 2.53 bits per heavy atom. The van der Waals surface area contributed by atoms with Gasteiger partial charge in [0.05, 0.1) is 9.82 Å². The van der Waals surface area contributed by atoms with Crippen molar-refractivity contribution in [1.29, 1.82) is 0 Å². The van der Waals surface area contributed by atoms with Gasteiger partial charge in [-0.2, -0.15) is 0 Å². The first-order chi connectivity index (χ1) is 8.75. The zero-order valence-corrected chi connectivity index (χ0v) is 11.3. The van der Waals surface area contributed by atoms with Crippen molar-refractivity contribution in [2.45, 2.75) is 24.7 Å². The molecule has 19 heavy (non-hydrogen) atoms. The summed E-state index contributed by atoms with van der Waals surface area (Å²) in [5, 5.41) is 10.9. The van der Waals surface area contributed by atoms with Crippen LogP contribution in [0.25, 0.3) is 0 Å². The number of hydrogen-bond acceptors (Lipinski definition) is 6. The molecule has 0 radical (unpaired) electrons. The van der Waals surface area contributed by atoms with Gasteiger partial charge in [0.2, 0.25) is 5.75 Å². The van der Waals surface area contributed by atoms with Gasteiger partial charge in [0.1, 0.15) is 0 Å². The number of nitrogens with zero attached hydrogens (tertiary/aromatic N) is 1. The number of carbonyl (C=O) groups excluding carboxylic acids is 1. The number of ether oxygens (including phenoxy) is 1. The van der Waals surface area contributed by atoms with Gasteiger partial charge < -0.3 is 4.74 Å². The lowest BCUT2D eigenvalue weighted by atomic mass is 10.3. The number of carbonyl (C=O) groups is 1. The molecule has 0 aliphatic rings. The fraction of sp³-hybridized carbons (Fsp3) is 0.364. The highest BCUT2D eigenvalue weighted by Crippen LogP contribution is 2.30. The Kier molecular flexibility index (Phi) is 4.60. The summed E-state index contributed by atoms with van der Waals surface area (Å²) in [4.78, 5) is 21.2. The third kappa shape index (κ3) is 4.02. The monoisotopic (exact) mass is 287 g/mol. The Morgan fingerprint density at radius 2 is 2.05 bits per heavy atom. The Labute approximate surface area is 110 Å². The molecule has 0 atom stereocenters. The van der Waals surface area contributed by atoms with Crippen molar-refractivity contribution >= 4 is 21.5 Å². The lowest BCUT2D eigenvalue weighted by molar-refractivity contribution is -0.385. The number of rotatable bonds is 5. The van der Waals surface area contributed by atoms with Gasteiger partial charge in [-0.3, -0.25) is 14.9 Å². The predicted octanol–water partition coefficient (Wildman–Crippen LogP) is 1.70. The van der Waals surface area contributed by atoms with E-state index < -0.39 is 26.4 Å². The number of benzene rings is 1. The summed E-state index contributed by atoms with van der Waals surface area (Å²) >= 11 is 0. The number of nitro benzene ring substituents is 1. The fourth-order valence-electron chi connectivity index (χ4n) is 1.33. The van der Waals surface area contributed by atoms with E-state index in [0.29, 0.717) is 6.42 Å². The highest BCUT2D eigenvalue weighted by molar-refractivity contribution is 7.90. The third-order valence-corrected chi connectivity index (χ3v) is 3.34. The van der Waals surface area contributed by atoms with E-state index in [9.17, 15) is 23.3 Å². The third-order valence-electron chi connectivity index (χ3n) is 2.23. The fourth-order valence-corrected chi connectivity index (χ4v) is 1.98. The van der Waals surface area contributed by atoms with Crippen LogP contribution in [0.1, 0.15) is 19.8 Å². The minimum Gasteiger partial charge on any atom is -0.419 e. The molecule has 0 fully saturated rings. The smallest absolute Gasteiger partial charge is 0.312 e. The zero-order chi connectivity index (χ0) is 14.6. The Hall–Kier alpha value is -1.96. The maximum Gasteiger partial charge on any atom is 0.312 e. The van der Waals surface area contributed by atoms with Gasteiger partial charge in [-0.1, -0.05) is 6.92 Å². The van der Waals surface area contributed by atoms with Crippen LogP contribution in [0.4, 0.5) is 5.69 Å². The highest BCUT2D eigenvalue weighted by Gasteiger charge is 2.21. The highest BCUT2D eigenvalue weighted by atomic mass is 32.2. The van der Waals surface area contributed by atoms with E-state index in [1.807, 2.05) is 0 Å². The molecule has 1 aromatic carbocycles. The van der Waals surface area contributed by atoms with Crippen molar-refractivity contribution in [1.82, 2.24) is 0 Å². The van der Waals surface area contributed by atoms with Crippen molar-refractivity contribution in [3.63, 3.8) is 0 Å². The zero-order valence-electron chi connectivity index (χ0n) is 10.5. The average molecular weight is 287 g/mol. The molecular formula is C11H13NO6S. The van der Waals surface area contributed by atoms with Gasteiger partial charge in [-0.25, -0.2) is 8.42 Å². The standard InChI is InChI=1S/C11H13NO6S/c1-3-4-11(13)18-10-6-5-8(19(2,16)17)7-9(10)12(14)15/h5-7H,3-4H2,1-2H3. The minimum atomic E-state index is -3.56. The molecule has 0 aliphatic carbocycles. The molecule has 0 saturated heterocycles. The van der Waals surface area contributed by atoms with Crippen LogP contribution in [0.3, 0.4) is 0 Å². The van der Waals surface area contributed by atoms with E-state index in [1.165, 1.54) is 0 Å². The maximum atomic E-state index is 11.3. The summed E-state index contributed by atoms with van der Waals surface area (Å²) in [7, 11) is -3.56. The van der Waals surface area contributed by atoms with E-state index >= 15 is 0 Å². The first kappa shape index (κ1) is 15.1. The van der Waals surface area contributed by atoms with Crippen molar-refractivity contribution in [2.24, 2.45) is 0 Å². The lowest BCUT2D eigenvalue weighted by Crippen LogP contribution is -2.09. The van der Waals surface area contributed by atoms with Gasteiger partial charge in [-0.05, 0) is 18.6 Å². The van der Waals surface area contributed by atoms with E-state index in [2.05, 4.69) is 0 Å². The summed E-state index contributed by atoms with van der Waals surface area (Å²) in [5.41, 5.74) is -0.549. The van der Waals surface area contributed by atoms with Gasteiger partial charge in [0.25, 0.3) is 0 Å². The molecule has 1 rings (SSSR count). The Bertz CT molecular complexity index is 608. The van der Waals surface area contributed by atoms with E-state index in [4.69, 9.17) is 4.74 Å². The molecule has 8 heteroatoms. The van der Waals surface area contributed by atoms with Gasteiger partial charge in [0, 0.05) is 18.7 Å². The van der Waals surface area contributed by atoms with E-state index in [1.54, 1.807) is 6.92 Å². The van der Waals surface area contributed by atoms with Crippen LogP contribution < -0.4 is 4.74 Å². The molecule has 0 amide bonds. The van der Waals surface area contributed by atoms with Crippen LogP contribution in [0.15, 0.2) is 23.1 Å². The second-order valence-corrected chi connectivity index (χ2v) is 5.90. The van der Waals surface area contributed by atoms with Crippen LogP contribution in [-0.4, -0.2) is 25.6 Å². The van der Waals surface area contributed by atoms with Crippen molar-refractivity contribution < 1.29 is 22.9 Å². The lowest BCUT2D eigenvalue weighted by Gasteiger charge is -2.05. The molecule has 1 aromatic rings. The van der Waals surface area contributed by atoms with Crippen molar-refractivity contribution in [3.05, 3.63) is 28.3 Å². The molecule has 0 N–H and O–H groups in total. The number of nitro groups is 1. The van der Waals surface area contributed by atoms with Crippen LogP contribution >= 0.6 is 0 Å². The second kappa shape index (κ2) is 5.79. The molecule has 0 bridgehead atoms. The van der Waals surface area contributed by atoms with Gasteiger partial charge in [-0.15, -0.1) is 0 Å². The van der Waals surface area contributed by atoms with Crippen LogP contribution in [0.2, 0.25) is 0 Å². The summed E-state index contributed by atoms with van der Waals surface area (Å²) < 4.78 is 27.5. The van der Waals surface area contributed by atoms with Crippen LogP contribution in [0, 0.1) is 10.1 Å². The first-order valence-corrected chi connectivity index (χ1v) is 7.34. The summed E-state index contributed by atoms with van der Waals surface area (Å²) in [5.74, 6) is -0.853. The molecule has 0 heterocycles. The molecule has 0 aromatic heterocycles. The molecule has 104 valence electrons. The van der Waals surface area contributed by atoms with Crippen LogP contribution in [-0.2, 0) is 14.6 Å². The quantitative estimate of drug-likeness (QED) is 0.353. The first-order valence-electron chi connectivity index (χ1n) is 5.45. The Balaban J connectivity index is 3.20. The Morgan fingerprint density at radius 1 is 1.42 bits per heavy atom. The molecule has 0 unspecified atom stereocenters. The summed E-state index contributed by atoms with van der Waals surface area (Å²) in [6, 6.07) is 3.16. The van der Waals surface area contributed by atoms with Crippen LogP contribution in [0.5, 0.6) is 5.75 Å². The number of esters is 1. The van der Waals surface area contributed by atoms with Gasteiger partial charge >= 0.3 is 11.7 Å². The van der Waals surface area contributed by atoms with E-state index in [-0.39, 0.29) is 17.1 Å². The van der Waals surface area contributed by atoms with E-state index in [0.717, 1.165) is 24.5 Å². The largest absolute Gasteiger partial charge is 0.419 e. The average Bonchev–Trinajstić information content (AvgIpc) is 2.27. The molecule has 0 saturated carbocycles. The van der Waals surface area contributed by atoms with Crippen molar-refractivity contribution in [2.75, 3.05) is 6.26 Å². The predicted molar refractivity (Wildman–Crippen MR) is 66.7 cm³/mol. The number of sulfone groups is 1. The molecule has 0 aliphatic heterocycles. The summed E-state index contributed by atoms with van der Waals surface area (Å²) in [6.07, 6.45) is 1.62. The SMILES string of the molecule is CCCC(=O)Oc1ccc(S(C)(=O)=O)cc1[N+](=O)[O-]. The normalized spacial score (nSPS) is 11.1. The topological polar surface area (TPSA) is 104 Å². The van der Waals surface area contributed by atoms with Gasteiger partial charge in [0.15, 0.2) is 9.84 Å².